The van der Waals surface area contributed by atoms with Crippen LogP contribution in [-0.2, 0) is 11.3 Å². The molecule has 6 rings (SSSR count). The number of hydroxylamine groups is 1. The normalized spacial score (nSPS) is 25.6. The van der Waals surface area contributed by atoms with Crippen LogP contribution in [0.3, 0.4) is 0 Å². The van der Waals surface area contributed by atoms with E-state index in [4.69, 9.17) is 9.25 Å². The van der Waals surface area contributed by atoms with Gasteiger partial charge in [0.2, 0.25) is 0 Å². The molecule has 198 valence electrons. The molecule has 1 unspecified atom stereocenters. The molecule has 7 nitrogen and oxygen atoms in total. The van der Waals surface area contributed by atoms with Crippen LogP contribution in [0.1, 0.15) is 54.6 Å². The van der Waals surface area contributed by atoms with Crippen LogP contribution in [0.2, 0.25) is 0 Å². The number of halogens is 3. The van der Waals surface area contributed by atoms with E-state index in [1.165, 1.54) is 24.0 Å². The lowest BCUT2D eigenvalue weighted by atomic mass is 9.63. The zero-order valence-electron chi connectivity index (χ0n) is 20.4. The maximum absolute atomic E-state index is 13.1. The van der Waals surface area contributed by atoms with Crippen molar-refractivity contribution in [1.29, 1.82) is 0 Å². The first-order valence-corrected chi connectivity index (χ1v) is 12.7. The summed E-state index contributed by atoms with van der Waals surface area (Å²) in [5, 5.41) is 7.00. The number of ether oxygens (including phenoxy) is 1. The van der Waals surface area contributed by atoms with Crippen molar-refractivity contribution in [2.24, 2.45) is 5.92 Å². The van der Waals surface area contributed by atoms with E-state index >= 15 is 0 Å². The maximum atomic E-state index is 13.1. The number of H-pyrrole nitrogens is 1. The molecular formula is C28H27F3N4O3. The number of benzene rings is 2. The summed E-state index contributed by atoms with van der Waals surface area (Å²) in [4.78, 5) is 10.8. The summed E-state index contributed by atoms with van der Waals surface area (Å²) in [7, 11) is 0. The molecule has 1 saturated heterocycles. The number of rotatable bonds is 6. The fourth-order valence-corrected chi connectivity index (χ4v) is 6.27. The van der Waals surface area contributed by atoms with E-state index < -0.39 is 12.0 Å². The van der Waals surface area contributed by atoms with Gasteiger partial charge in [0.15, 0.2) is 0 Å². The number of nitrogens with one attached hydrogen (secondary N) is 2. The average Bonchev–Trinajstić information content (AvgIpc) is 3.67. The van der Waals surface area contributed by atoms with Gasteiger partial charge in [0.25, 0.3) is 0 Å². The first-order chi connectivity index (χ1) is 18.4. The highest BCUT2D eigenvalue weighted by molar-refractivity contribution is 5.64. The van der Waals surface area contributed by atoms with Gasteiger partial charge in [-0.05, 0) is 60.2 Å². The summed E-state index contributed by atoms with van der Waals surface area (Å²) >= 11 is 0. The molecule has 1 saturated carbocycles. The summed E-state index contributed by atoms with van der Waals surface area (Å²) in [6.07, 6.45) is 2.34. The zero-order valence-corrected chi connectivity index (χ0v) is 20.4. The van der Waals surface area contributed by atoms with E-state index in [9.17, 15) is 13.2 Å². The van der Waals surface area contributed by atoms with Gasteiger partial charge >= 0.3 is 6.36 Å². The number of aromatic amines is 1. The summed E-state index contributed by atoms with van der Waals surface area (Å²) in [6.45, 7) is 0. The first kappa shape index (κ1) is 24.7. The molecule has 2 aromatic carbocycles. The average molecular weight is 525 g/mol. The van der Waals surface area contributed by atoms with Crippen LogP contribution >= 0.6 is 0 Å². The predicted octanol–water partition coefficient (Wildman–Crippen LogP) is 6.49. The molecule has 38 heavy (non-hydrogen) atoms. The summed E-state index contributed by atoms with van der Waals surface area (Å²) in [5.74, 6) is 1.39. The highest BCUT2D eigenvalue weighted by atomic mass is 19.4. The molecule has 1 aliphatic heterocycles. The molecule has 4 aromatic rings. The molecule has 0 bridgehead atoms. The topological polar surface area (TPSA) is 85.2 Å². The fourth-order valence-electron chi connectivity index (χ4n) is 6.27. The molecule has 0 amide bonds. The number of aromatic nitrogens is 3. The van der Waals surface area contributed by atoms with Crippen LogP contribution in [0, 0.1) is 5.92 Å². The third kappa shape index (κ3) is 4.93. The van der Waals surface area contributed by atoms with Gasteiger partial charge in [0, 0.05) is 24.3 Å². The van der Waals surface area contributed by atoms with Crippen LogP contribution in [0.5, 0.6) is 5.75 Å². The summed E-state index contributed by atoms with van der Waals surface area (Å²) in [5.41, 5.74) is 5.11. The van der Waals surface area contributed by atoms with Crippen LogP contribution in [0.4, 0.5) is 13.2 Å². The van der Waals surface area contributed by atoms with E-state index in [0.717, 1.165) is 31.5 Å². The molecule has 1 aliphatic carbocycles. The third-order valence-corrected chi connectivity index (χ3v) is 7.66. The Morgan fingerprint density at radius 1 is 1.08 bits per heavy atom. The van der Waals surface area contributed by atoms with Gasteiger partial charge in [0.05, 0.1) is 17.9 Å². The molecule has 4 atom stereocenters. The van der Waals surface area contributed by atoms with Crippen LogP contribution in [-0.4, -0.2) is 27.1 Å². The monoisotopic (exact) mass is 524 g/mol. The van der Waals surface area contributed by atoms with Crippen LogP contribution < -0.4 is 10.2 Å². The van der Waals surface area contributed by atoms with E-state index in [-0.39, 0.29) is 23.6 Å². The molecule has 2 aliphatic rings. The van der Waals surface area contributed by atoms with Gasteiger partial charge in [-0.3, -0.25) is 9.94 Å². The van der Waals surface area contributed by atoms with Crippen molar-refractivity contribution in [2.45, 2.75) is 56.0 Å². The predicted molar refractivity (Wildman–Crippen MR) is 132 cm³/mol. The van der Waals surface area contributed by atoms with Crippen molar-refractivity contribution in [3.05, 3.63) is 90.2 Å². The summed E-state index contributed by atoms with van der Waals surface area (Å²) < 4.78 is 49.0. The van der Waals surface area contributed by atoms with E-state index in [2.05, 4.69) is 37.5 Å². The van der Waals surface area contributed by atoms with Gasteiger partial charge in [-0.15, -0.1) is 13.2 Å². The zero-order chi connectivity index (χ0) is 26.2. The second-order valence-electron chi connectivity index (χ2n) is 9.99. The molecule has 2 N–H and O–H groups in total. The Balaban J connectivity index is 1.37. The minimum atomic E-state index is -4.79. The third-order valence-electron chi connectivity index (χ3n) is 7.66. The van der Waals surface area contributed by atoms with E-state index in [1.54, 1.807) is 24.5 Å². The van der Waals surface area contributed by atoms with Crippen molar-refractivity contribution in [1.82, 2.24) is 20.7 Å². The number of nitrogens with zero attached hydrogens (tertiary/aromatic N) is 2. The molecule has 2 fully saturated rings. The second kappa shape index (κ2) is 9.92. The maximum Gasteiger partial charge on any atom is 0.573 e. The van der Waals surface area contributed by atoms with Crippen LogP contribution in [0.25, 0.3) is 11.3 Å². The number of hydrogen-bond acceptors (Lipinski definition) is 6. The quantitative estimate of drug-likeness (QED) is 0.300. The Labute approximate surface area is 217 Å². The van der Waals surface area contributed by atoms with Crippen molar-refractivity contribution < 1.29 is 27.2 Å². The lowest BCUT2D eigenvalue weighted by molar-refractivity contribution is -0.274. The molecule has 0 radical (unpaired) electrons. The van der Waals surface area contributed by atoms with Gasteiger partial charge in [-0.1, -0.05) is 36.8 Å². The van der Waals surface area contributed by atoms with Crippen molar-refractivity contribution in [2.75, 3.05) is 0 Å². The highest BCUT2D eigenvalue weighted by Gasteiger charge is 2.53. The Morgan fingerprint density at radius 2 is 1.95 bits per heavy atom. The second-order valence-corrected chi connectivity index (χ2v) is 9.99. The Morgan fingerprint density at radius 3 is 2.68 bits per heavy atom. The first-order valence-electron chi connectivity index (χ1n) is 12.7. The van der Waals surface area contributed by atoms with Crippen LogP contribution in [0.15, 0.2) is 77.7 Å². The van der Waals surface area contributed by atoms with Crippen molar-refractivity contribution in [3.63, 3.8) is 0 Å². The van der Waals surface area contributed by atoms with Gasteiger partial charge in [0.1, 0.15) is 23.7 Å². The minimum absolute atomic E-state index is 0.0433. The molecular weight excluding hydrogens is 497 g/mol. The SMILES string of the molecule is FC(F)(F)Oc1ccc(-c2ccco2)c([C@H]2C[C@@]3(CCCC(Cc4ncn[nH]4)[C@H]3c3ccccc3)ON2)c1. The van der Waals surface area contributed by atoms with Gasteiger partial charge in [-0.2, -0.15) is 10.6 Å². The number of furan rings is 1. The number of hydrogen-bond donors (Lipinski definition) is 2. The highest BCUT2D eigenvalue weighted by Crippen LogP contribution is 2.54. The number of alkyl halides is 3. The summed E-state index contributed by atoms with van der Waals surface area (Å²) in [6, 6.07) is 17.8. The molecule has 2 aromatic heterocycles. The Kier molecular flexibility index (Phi) is 6.45. The standard InChI is InChI=1S/C28H27F3N4O3/c29-28(30,31)37-20-10-11-21(24-9-5-13-36-24)22(15-20)23-16-27(38-35-23)12-4-8-19(14-25-32-17-33-34-25)26(27)18-6-2-1-3-7-18/h1-3,5-7,9-11,13,15,17,19,23,26,35H,4,8,12,14,16H2,(H,32,33,34)/t19?,23-,26-,27-/m1/s1. The van der Waals surface area contributed by atoms with E-state index in [0.29, 0.717) is 23.3 Å². The fraction of sp³-hybridized carbons (Fsp3) is 0.357. The molecule has 10 heteroatoms. The Hall–Kier alpha value is -3.63. The van der Waals surface area contributed by atoms with Crippen molar-refractivity contribution >= 4 is 0 Å². The van der Waals surface area contributed by atoms with Gasteiger partial charge in [-0.25, -0.2) is 4.98 Å². The smallest absolute Gasteiger partial charge is 0.464 e. The Bertz CT molecular complexity index is 1350. The minimum Gasteiger partial charge on any atom is -0.464 e. The van der Waals surface area contributed by atoms with Gasteiger partial charge < -0.3 is 9.15 Å². The largest absolute Gasteiger partial charge is 0.573 e. The molecule has 1 spiro atoms. The lowest BCUT2D eigenvalue weighted by Gasteiger charge is -2.45. The van der Waals surface area contributed by atoms with Crippen molar-refractivity contribution in [3.8, 4) is 17.1 Å². The lowest BCUT2D eigenvalue weighted by Crippen LogP contribution is -2.44. The van der Waals surface area contributed by atoms with E-state index in [1.807, 2.05) is 18.2 Å². The molecule has 3 heterocycles.